The molecule has 1 fully saturated rings. The Morgan fingerprint density at radius 2 is 2.13 bits per heavy atom. The van der Waals surface area contributed by atoms with E-state index >= 15 is 0 Å². The topological polar surface area (TPSA) is 51.8 Å². The largest absolute Gasteiger partial charge is 0.319 e. The van der Waals surface area contributed by atoms with Gasteiger partial charge in [-0.25, -0.2) is 9.97 Å². The van der Waals surface area contributed by atoms with Crippen LogP contribution >= 0.6 is 11.6 Å². The van der Waals surface area contributed by atoms with Crippen molar-refractivity contribution in [1.82, 2.24) is 9.97 Å². The van der Waals surface area contributed by atoms with Crippen molar-refractivity contribution in [2.45, 2.75) is 18.4 Å². The van der Waals surface area contributed by atoms with Gasteiger partial charge in [-0.3, -0.25) is 0 Å². The highest BCUT2D eigenvalue weighted by Gasteiger charge is 2.43. The first kappa shape index (κ1) is 9.07. The quantitative estimate of drug-likeness (QED) is 0.800. The molecule has 0 amide bonds. The third-order valence-electron chi connectivity index (χ3n) is 2.80. The molecule has 1 saturated carbocycles. The molecule has 4 heteroatoms. The Morgan fingerprint density at radius 3 is 2.87 bits per heavy atom. The molecule has 15 heavy (non-hydrogen) atoms. The highest BCUT2D eigenvalue weighted by Crippen LogP contribution is 2.41. The number of nitrogens with zero attached hydrogens (tertiary/aromatic N) is 2. The van der Waals surface area contributed by atoms with Crippen LogP contribution in [0.5, 0.6) is 0 Å². The van der Waals surface area contributed by atoms with Crippen molar-refractivity contribution in [3.05, 3.63) is 35.2 Å². The van der Waals surface area contributed by atoms with Crippen LogP contribution in [-0.2, 0) is 5.54 Å². The minimum absolute atomic E-state index is 0.298. The van der Waals surface area contributed by atoms with Gasteiger partial charge in [0.05, 0.1) is 16.1 Å². The molecule has 0 spiro atoms. The molecule has 1 aliphatic rings. The molecule has 0 unspecified atom stereocenters. The first-order valence-corrected chi connectivity index (χ1v) is 5.27. The fourth-order valence-electron chi connectivity index (χ4n) is 1.62. The number of para-hydroxylation sites is 1. The van der Waals surface area contributed by atoms with E-state index in [9.17, 15) is 0 Å². The summed E-state index contributed by atoms with van der Waals surface area (Å²) in [5.74, 6) is 0.711. The van der Waals surface area contributed by atoms with Crippen LogP contribution in [-0.4, -0.2) is 9.97 Å². The van der Waals surface area contributed by atoms with Gasteiger partial charge < -0.3 is 5.73 Å². The van der Waals surface area contributed by atoms with Crippen LogP contribution < -0.4 is 5.73 Å². The Hall–Kier alpha value is -1.19. The first-order valence-electron chi connectivity index (χ1n) is 4.90. The van der Waals surface area contributed by atoms with E-state index < -0.39 is 0 Å². The van der Waals surface area contributed by atoms with E-state index in [1.807, 2.05) is 18.2 Å². The lowest BCUT2D eigenvalue weighted by Gasteiger charge is -2.07. The third kappa shape index (κ3) is 1.39. The first-order chi connectivity index (χ1) is 7.19. The van der Waals surface area contributed by atoms with Crippen molar-refractivity contribution in [1.29, 1.82) is 0 Å². The average Bonchev–Trinajstić information content (AvgIpc) is 2.98. The Labute approximate surface area is 92.3 Å². The summed E-state index contributed by atoms with van der Waals surface area (Å²) in [5.41, 5.74) is 6.54. The minimum Gasteiger partial charge on any atom is -0.319 e. The summed E-state index contributed by atoms with van der Waals surface area (Å²) < 4.78 is 0. The Morgan fingerprint density at radius 1 is 1.33 bits per heavy atom. The Bertz CT molecular complexity index is 534. The number of aromatic nitrogens is 2. The average molecular weight is 220 g/mol. The van der Waals surface area contributed by atoms with Gasteiger partial charge in [-0.15, -0.1) is 0 Å². The van der Waals surface area contributed by atoms with E-state index in [-0.39, 0.29) is 5.54 Å². The van der Waals surface area contributed by atoms with Gasteiger partial charge in [0, 0.05) is 11.6 Å². The van der Waals surface area contributed by atoms with Crippen molar-refractivity contribution < 1.29 is 0 Å². The second-order valence-electron chi connectivity index (χ2n) is 4.03. The van der Waals surface area contributed by atoms with Crippen LogP contribution in [0.4, 0.5) is 0 Å². The highest BCUT2D eigenvalue weighted by molar-refractivity contribution is 6.34. The molecule has 2 aromatic rings. The molecule has 0 saturated heterocycles. The van der Waals surface area contributed by atoms with Crippen LogP contribution in [0.2, 0.25) is 5.02 Å². The zero-order chi connectivity index (χ0) is 10.5. The van der Waals surface area contributed by atoms with Crippen molar-refractivity contribution in [3.63, 3.8) is 0 Å². The summed E-state index contributed by atoms with van der Waals surface area (Å²) in [7, 11) is 0. The van der Waals surface area contributed by atoms with Gasteiger partial charge in [0.15, 0.2) is 0 Å². The zero-order valence-electron chi connectivity index (χ0n) is 8.07. The molecule has 76 valence electrons. The summed E-state index contributed by atoms with van der Waals surface area (Å²) in [4.78, 5) is 8.73. The smallest absolute Gasteiger partial charge is 0.148 e. The second-order valence-corrected chi connectivity index (χ2v) is 4.43. The van der Waals surface area contributed by atoms with Crippen LogP contribution in [0, 0.1) is 0 Å². The molecule has 0 radical (unpaired) electrons. The van der Waals surface area contributed by atoms with Crippen LogP contribution in [0.25, 0.3) is 10.9 Å². The van der Waals surface area contributed by atoms with E-state index in [0.717, 1.165) is 23.7 Å². The molecule has 0 aliphatic heterocycles. The van der Waals surface area contributed by atoms with Crippen LogP contribution in [0.15, 0.2) is 24.4 Å². The molecule has 3 rings (SSSR count). The van der Waals surface area contributed by atoms with E-state index in [0.29, 0.717) is 10.8 Å². The summed E-state index contributed by atoms with van der Waals surface area (Å²) in [6.45, 7) is 0. The summed E-state index contributed by atoms with van der Waals surface area (Å²) in [6, 6.07) is 5.67. The minimum atomic E-state index is -0.298. The molecule has 1 aromatic heterocycles. The molecule has 3 nitrogen and oxygen atoms in total. The summed E-state index contributed by atoms with van der Waals surface area (Å²) in [6.07, 6.45) is 3.71. The van der Waals surface area contributed by atoms with Gasteiger partial charge in [0.1, 0.15) is 5.82 Å². The lowest BCUT2D eigenvalue weighted by atomic mass is 10.2. The number of rotatable bonds is 1. The molecule has 0 atom stereocenters. The van der Waals surface area contributed by atoms with E-state index in [1.54, 1.807) is 6.20 Å². The van der Waals surface area contributed by atoms with E-state index in [4.69, 9.17) is 17.3 Å². The maximum absolute atomic E-state index is 6.07. The third-order valence-corrected chi connectivity index (χ3v) is 3.10. The monoisotopic (exact) mass is 219 g/mol. The lowest BCUT2D eigenvalue weighted by molar-refractivity contribution is 0.677. The van der Waals surface area contributed by atoms with Gasteiger partial charge in [-0.1, -0.05) is 23.7 Å². The molecular formula is C11H10ClN3. The maximum atomic E-state index is 6.07. The summed E-state index contributed by atoms with van der Waals surface area (Å²) >= 11 is 6.07. The molecular weight excluding hydrogens is 210 g/mol. The molecule has 1 heterocycles. The van der Waals surface area contributed by atoms with Gasteiger partial charge in [0.2, 0.25) is 0 Å². The molecule has 2 N–H and O–H groups in total. The normalized spacial score (nSPS) is 18.0. The van der Waals surface area contributed by atoms with Gasteiger partial charge in [-0.2, -0.15) is 0 Å². The number of fused-ring (bicyclic) bond motifs is 1. The summed E-state index contributed by atoms with van der Waals surface area (Å²) in [5, 5.41) is 1.61. The molecule has 1 aliphatic carbocycles. The van der Waals surface area contributed by atoms with Crippen molar-refractivity contribution in [2.75, 3.05) is 0 Å². The second kappa shape index (κ2) is 2.90. The van der Waals surface area contributed by atoms with Gasteiger partial charge in [-0.05, 0) is 18.9 Å². The standard InChI is InChI=1S/C11H10ClN3/c12-8-3-1-2-7-6-14-10(15-9(7)8)11(13)4-5-11/h1-3,6H,4-5,13H2. The van der Waals surface area contributed by atoms with Gasteiger partial charge >= 0.3 is 0 Å². The predicted molar refractivity (Wildman–Crippen MR) is 59.6 cm³/mol. The van der Waals surface area contributed by atoms with Crippen molar-refractivity contribution in [3.8, 4) is 0 Å². The van der Waals surface area contributed by atoms with Crippen molar-refractivity contribution >= 4 is 22.5 Å². The van der Waals surface area contributed by atoms with Crippen LogP contribution in [0.1, 0.15) is 18.7 Å². The molecule has 0 bridgehead atoms. The number of benzene rings is 1. The fraction of sp³-hybridized carbons (Fsp3) is 0.273. The number of nitrogens with two attached hydrogens (primary N) is 1. The van der Waals surface area contributed by atoms with E-state index in [2.05, 4.69) is 9.97 Å². The highest BCUT2D eigenvalue weighted by atomic mass is 35.5. The Kier molecular flexibility index (Phi) is 1.75. The van der Waals surface area contributed by atoms with Gasteiger partial charge in [0.25, 0.3) is 0 Å². The zero-order valence-corrected chi connectivity index (χ0v) is 8.83. The number of halogens is 1. The van der Waals surface area contributed by atoms with E-state index in [1.165, 1.54) is 0 Å². The molecule has 1 aromatic carbocycles. The maximum Gasteiger partial charge on any atom is 0.148 e. The number of hydrogen-bond acceptors (Lipinski definition) is 3. The SMILES string of the molecule is NC1(c2ncc3cccc(Cl)c3n2)CC1. The lowest BCUT2D eigenvalue weighted by Crippen LogP contribution is -2.21. The predicted octanol–water partition coefficient (Wildman–Crippen LogP) is 2.23. The number of hydrogen-bond donors (Lipinski definition) is 1. The van der Waals surface area contributed by atoms with Crippen LogP contribution in [0.3, 0.4) is 0 Å². The fourth-order valence-corrected chi connectivity index (χ4v) is 1.84. The van der Waals surface area contributed by atoms with Crippen molar-refractivity contribution in [2.24, 2.45) is 5.73 Å². The Balaban J connectivity index is 2.25.